The second-order valence-corrected chi connectivity index (χ2v) is 5.86. The van der Waals surface area contributed by atoms with Gasteiger partial charge in [0.05, 0.1) is 4.88 Å². The van der Waals surface area contributed by atoms with Crippen LogP contribution < -0.4 is 5.32 Å². The van der Waals surface area contributed by atoms with E-state index in [4.69, 9.17) is 14.4 Å². The molecule has 0 fully saturated rings. The number of likely N-dealkylation sites (N-methyl/N-ethyl adjacent to an activating group) is 1. The number of aromatic nitrogens is 1. The maximum Gasteiger partial charge on any atom is 0.490 e. The van der Waals surface area contributed by atoms with E-state index in [2.05, 4.69) is 10.5 Å². The van der Waals surface area contributed by atoms with Crippen LogP contribution in [-0.2, 0) is 4.79 Å². The Kier molecular flexibility index (Phi) is 7.58. The summed E-state index contributed by atoms with van der Waals surface area (Å²) in [6.45, 7) is 1.38. The number of amides is 1. The molecule has 0 bridgehead atoms. The molecule has 0 aromatic carbocycles. The Morgan fingerprint density at radius 2 is 2.04 bits per heavy atom. The molecular weight excluding hydrogens is 363 g/mol. The molecular formula is C14H16F3N3O4S. The predicted octanol–water partition coefficient (Wildman–Crippen LogP) is 2.33. The zero-order valence-corrected chi connectivity index (χ0v) is 14.1. The van der Waals surface area contributed by atoms with Crippen molar-refractivity contribution in [1.82, 2.24) is 15.4 Å². The highest BCUT2D eigenvalue weighted by molar-refractivity contribution is 7.13. The molecule has 2 aromatic heterocycles. The van der Waals surface area contributed by atoms with Gasteiger partial charge in [-0.05, 0) is 25.5 Å². The molecule has 0 aliphatic heterocycles. The number of nitrogens with zero attached hydrogens (tertiary/aromatic N) is 2. The van der Waals surface area contributed by atoms with Crippen LogP contribution in [0.25, 0.3) is 10.6 Å². The van der Waals surface area contributed by atoms with Gasteiger partial charge in [0.1, 0.15) is 0 Å². The molecule has 2 rings (SSSR count). The number of thiophene rings is 1. The SMILES string of the molecule is CN(C)CCNC(=O)c1cc(-c2cccs2)on1.O=C(O)C(F)(F)F. The maximum atomic E-state index is 11.8. The fraction of sp³-hybridized carbons (Fsp3) is 0.357. The minimum atomic E-state index is -5.08. The average molecular weight is 379 g/mol. The van der Waals surface area contributed by atoms with E-state index in [9.17, 15) is 18.0 Å². The molecule has 0 radical (unpaired) electrons. The van der Waals surface area contributed by atoms with Crippen LogP contribution >= 0.6 is 11.3 Å². The lowest BCUT2D eigenvalue weighted by atomic mass is 10.3. The lowest BCUT2D eigenvalue weighted by Gasteiger charge is -2.08. The number of hydrogen-bond acceptors (Lipinski definition) is 6. The molecule has 0 aliphatic rings. The normalized spacial score (nSPS) is 11.0. The molecule has 2 N–H and O–H groups in total. The first-order valence-corrected chi connectivity index (χ1v) is 7.73. The van der Waals surface area contributed by atoms with Gasteiger partial charge in [0.25, 0.3) is 5.91 Å². The fourth-order valence-electron chi connectivity index (χ4n) is 1.40. The Morgan fingerprint density at radius 1 is 1.40 bits per heavy atom. The molecule has 0 saturated carbocycles. The summed E-state index contributed by atoms with van der Waals surface area (Å²) in [6.07, 6.45) is -5.08. The van der Waals surface area contributed by atoms with Crippen molar-refractivity contribution in [2.45, 2.75) is 6.18 Å². The molecule has 0 atom stereocenters. The third kappa shape index (κ3) is 7.35. The van der Waals surface area contributed by atoms with Gasteiger partial charge < -0.3 is 19.8 Å². The number of nitrogens with one attached hydrogen (secondary N) is 1. The highest BCUT2D eigenvalue weighted by Gasteiger charge is 2.38. The van der Waals surface area contributed by atoms with Crippen molar-refractivity contribution in [1.29, 1.82) is 0 Å². The largest absolute Gasteiger partial charge is 0.490 e. The van der Waals surface area contributed by atoms with Crippen LogP contribution in [0.1, 0.15) is 10.5 Å². The van der Waals surface area contributed by atoms with Crippen LogP contribution in [0, 0.1) is 0 Å². The minimum Gasteiger partial charge on any atom is -0.475 e. The van der Waals surface area contributed by atoms with Crippen LogP contribution in [0.3, 0.4) is 0 Å². The van der Waals surface area contributed by atoms with Gasteiger partial charge in [-0.15, -0.1) is 11.3 Å². The smallest absolute Gasteiger partial charge is 0.475 e. The quantitative estimate of drug-likeness (QED) is 0.828. The number of carboxylic acid groups (broad SMARTS) is 1. The molecule has 0 saturated heterocycles. The number of aliphatic carboxylic acids is 1. The molecule has 0 aliphatic carbocycles. The number of carbonyl (C=O) groups excluding carboxylic acids is 1. The maximum absolute atomic E-state index is 11.8. The molecule has 11 heteroatoms. The van der Waals surface area contributed by atoms with E-state index in [1.807, 2.05) is 36.5 Å². The molecule has 2 heterocycles. The number of rotatable bonds is 5. The van der Waals surface area contributed by atoms with Crippen molar-refractivity contribution >= 4 is 23.2 Å². The molecule has 138 valence electrons. The summed E-state index contributed by atoms with van der Waals surface area (Å²) >= 11 is 1.55. The van der Waals surface area contributed by atoms with E-state index in [-0.39, 0.29) is 5.91 Å². The van der Waals surface area contributed by atoms with Gasteiger partial charge in [0.2, 0.25) is 0 Å². The Morgan fingerprint density at radius 3 is 2.52 bits per heavy atom. The van der Waals surface area contributed by atoms with E-state index >= 15 is 0 Å². The first-order chi connectivity index (χ1) is 11.6. The second kappa shape index (κ2) is 9.18. The van der Waals surface area contributed by atoms with Gasteiger partial charge in [-0.2, -0.15) is 13.2 Å². The van der Waals surface area contributed by atoms with Crippen molar-refractivity contribution < 1.29 is 32.4 Å². The third-order valence-electron chi connectivity index (χ3n) is 2.59. The molecule has 0 unspecified atom stereocenters. The number of alkyl halides is 3. The topological polar surface area (TPSA) is 95.7 Å². The summed E-state index contributed by atoms with van der Waals surface area (Å²) in [4.78, 5) is 23.6. The third-order valence-corrected chi connectivity index (χ3v) is 3.48. The zero-order chi connectivity index (χ0) is 19.0. The van der Waals surface area contributed by atoms with Gasteiger partial charge in [0.15, 0.2) is 11.5 Å². The number of hydrogen-bond donors (Lipinski definition) is 2. The van der Waals surface area contributed by atoms with E-state index in [1.54, 1.807) is 17.4 Å². The van der Waals surface area contributed by atoms with Crippen LogP contribution in [0.15, 0.2) is 28.1 Å². The fourth-order valence-corrected chi connectivity index (χ4v) is 2.07. The van der Waals surface area contributed by atoms with Crippen molar-refractivity contribution in [2.75, 3.05) is 27.2 Å². The van der Waals surface area contributed by atoms with E-state index in [0.717, 1.165) is 11.4 Å². The van der Waals surface area contributed by atoms with Crippen molar-refractivity contribution in [3.63, 3.8) is 0 Å². The zero-order valence-electron chi connectivity index (χ0n) is 13.3. The summed E-state index contributed by atoms with van der Waals surface area (Å²) < 4.78 is 36.9. The Bertz CT molecular complexity index is 684. The molecule has 25 heavy (non-hydrogen) atoms. The van der Waals surface area contributed by atoms with Gasteiger partial charge in [-0.1, -0.05) is 11.2 Å². The van der Waals surface area contributed by atoms with Gasteiger partial charge in [-0.3, -0.25) is 4.79 Å². The molecule has 1 amide bonds. The Balaban J connectivity index is 0.000000381. The van der Waals surface area contributed by atoms with Crippen LogP contribution in [0.2, 0.25) is 0 Å². The van der Waals surface area contributed by atoms with Crippen LogP contribution in [0.5, 0.6) is 0 Å². The minimum absolute atomic E-state index is 0.205. The van der Waals surface area contributed by atoms with Crippen LogP contribution in [0.4, 0.5) is 13.2 Å². The average Bonchev–Trinajstić information content (AvgIpc) is 3.17. The first kappa shape index (κ1) is 20.6. The highest BCUT2D eigenvalue weighted by Crippen LogP contribution is 2.24. The van der Waals surface area contributed by atoms with Crippen LogP contribution in [-0.4, -0.2) is 60.4 Å². The lowest BCUT2D eigenvalue weighted by Crippen LogP contribution is -2.31. The monoisotopic (exact) mass is 379 g/mol. The Labute approximate surface area is 145 Å². The molecule has 0 spiro atoms. The van der Waals surface area contributed by atoms with E-state index < -0.39 is 12.1 Å². The second-order valence-electron chi connectivity index (χ2n) is 4.92. The van der Waals surface area contributed by atoms with Gasteiger partial charge >= 0.3 is 12.1 Å². The molecule has 7 nitrogen and oxygen atoms in total. The van der Waals surface area contributed by atoms with E-state index in [0.29, 0.717) is 18.0 Å². The summed E-state index contributed by atoms with van der Waals surface area (Å²) in [7, 11) is 3.91. The predicted molar refractivity (Wildman–Crippen MR) is 84.4 cm³/mol. The standard InChI is InChI=1S/C12H15N3O2S.C2HF3O2/c1-15(2)6-5-13-12(16)9-8-10(17-14-9)11-4-3-7-18-11;3-2(4,5)1(6)7/h3-4,7-8H,5-6H2,1-2H3,(H,13,16);(H,6,7). The summed E-state index contributed by atoms with van der Waals surface area (Å²) in [6, 6.07) is 5.52. The Hall–Kier alpha value is -2.40. The number of halogens is 3. The van der Waals surface area contributed by atoms with Gasteiger partial charge in [0, 0.05) is 19.2 Å². The summed E-state index contributed by atoms with van der Waals surface area (Å²) in [5.74, 6) is -2.33. The van der Waals surface area contributed by atoms with Crippen molar-refractivity contribution in [3.8, 4) is 10.6 Å². The van der Waals surface area contributed by atoms with Crippen molar-refractivity contribution in [2.24, 2.45) is 0 Å². The summed E-state index contributed by atoms with van der Waals surface area (Å²) in [5.41, 5.74) is 0.317. The number of carboxylic acids is 1. The van der Waals surface area contributed by atoms with E-state index in [1.165, 1.54) is 0 Å². The summed E-state index contributed by atoms with van der Waals surface area (Å²) in [5, 5.41) is 15.6. The first-order valence-electron chi connectivity index (χ1n) is 6.85. The van der Waals surface area contributed by atoms with Crippen molar-refractivity contribution in [3.05, 3.63) is 29.3 Å². The molecule has 2 aromatic rings. The van der Waals surface area contributed by atoms with Gasteiger partial charge in [-0.25, -0.2) is 4.79 Å². The number of carbonyl (C=O) groups is 2. The highest BCUT2D eigenvalue weighted by atomic mass is 32.1. The lowest BCUT2D eigenvalue weighted by molar-refractivity contribution is -0.192.